The summed E-state index contributed by atoms with van der Waals surface area (Å²) in [6.07, 6.45) is 8.80. The molecule has 0 aliphatic carbocycles. The second-order valence-corrected chi connectivity index (χ2v) is 15.6. The molecule has 0 radical (unpaired) electrons. The highest BCUT2D eigenvalue weighted by molar-refractivity contribution is 7.89. The largest absolute Gasteiger partial charge is 0.497 e. The van der Waals surface area contributed by atoms with E-state index >= 15 is 0 Å². The number of ether oxygens (including phenoxy) is 1. The van der Waals surface area contributed by atoms with Crippen molar-refractivity contribution < 1.29 is 21.6 Å². The zero-order valence-electron chi connectivity index (χ0n) is 23.5. The summed E-state index contributed by atoms with van der Waals surface area (Å²) in [5, 5.41) is 0. The second-order valence-electron chi connectivity index (χ2n) is 11.6. The Morgan fingerprint density at radius 2 is 1.47 bits per heavy atom. The zero-order chi connectivity index (χ0) is 27.3. The minimum Gasteiger partial charge on any atom is -0.497 e. The molecule has 0 spiro atoms. The molecular formula is C28H47N3O5S2. The Morgan fingerprint density at radius 3 is 2.11 bits per heavy atom. The molecule has 0 saturated carbocycles. The first kappa shape index (κ1) is 29.8. The number of nitrogens with zero attached hydrogens (tertiary/aromatic N) is 3. The maximum absolute atomic E-state index is 13.5. The molecular weight excluding hydrogens is 522 g/mol. The molecule has 216 valence electrons. The van der Waals surface area contributed by atoms with Gasteiger partial charge < -0.3 is 9.64 Å². The van der Waals surface area contributed by atoms with E-state index in [0.717, 1.165) is 38.6 Å². The summed E-state index contributed by atoms with van der Waals surface area (Å²) >= 11 is 0. The summed E-state index contributed by atoms with van der Waals surface area (Å²) in [5.41, 5.74) is 1.38. The lowest BCUT2D eigenvalue weighted by atomic mass is 9.94. The summed E-state index contributed by atoms with van der Waals surface area (Å²) in [6.45, 7) is 9.47. The fourth-order valence-corrected chi connectivity index (χ4v) is 10.1. The minimum absolute atomic E-state index is 0.158. The predicted octanol–water partition coefficient (Wildman–Crippen LogP) is 4.02. The van der Waals surface area contributed by atoms with E-state index in [1.54, 1.807) is 27.9 Å². The maximum Gasteiger partial charge on any atom is 0.243 e. The molecule has 0 bridgehead atoms. The molecule has 1 aromatic rings. The van der Waals surface area contributed by atoms with Gasteiger partial charge in [-0.05, 0) is 126 Å². The normalized spacial score (nSPS) is 23.2. The van der Waals surface area contributed by atoms with E-state index in [2.05, 4.69) is 4.90 Å². The van der Waals surface area contributed by atoms with Gasteiger partial charge in [0.25, 0.3) is 0 Å². The lowest BCUT2D eigenvalue weighted by Crippen LogP contribution is -2.41. The van der Waals surface area contributed by atoms with Gasteiger partial charge in [-0.15, -0.1) is 0 Å². The van der Waals surface area contributed by atoms with Crippen LogP contribution in [-0.4, -0.2) is 89.0 Å². The summed E-state index contributed by atoms with van der Waals surface area (Å²) in [4.78, 5) is 2.91. The molecule has 38 heavy (non-hydrogen) atoms. The van der Waals surface area contributed by atoms with Gasteiger partial charge in [0.2, 0.25) is 20.0 Å². The van der Waals surface area contributed by atoms with Crippen molar-refractivity contribution in [3.8, 4) is 5.75 Å². The van der Waals surface area contributed by atoms with Crippen LogP contribution in [-0.2, 0) is 20.0 Å². The van der Waals surface area contributed by atoms with Crippen LogP contribution in [0, 0.1) is 25.7 Å². The molecule has 1 aromatic carbocycles. The predicted molar refractivity (Wildman–Crippen MR) is 152 cm³/mol. The molecule has 3 saturated heterocycles. The number of likely N-dealkylation sites (tertiary alicyclic amines) is 1. The SMILES string of the molecule is COc1cc(C)c(S(=O)(=O)N2CCCC(CCCS(=O)(=O)N3CCC(CCN4CCCC4)CC3)C2)c(C)c1. The van der Waals surface area contributed by atoms with Crippen LogP contribution in [0.3, 0.4) is 0 Å². The number of rotatable bonds is 11. The minimum atomic E-state index is -3.62. The molecule has 3 aliphatic rings. The smallest absolute Gasteiger partial charge is 0.243 e. The van der Waals surface area contributed by atoms with Crippen LogP contribution in [0.15, 0.2) is 17.0 Å². The van der Waals surface area contributed by atoms with E-state index in [0.29, 0.717) is 60.3 Å². The summed E-state index contributed by atoms with van der Waals surface area (Å²) in [6, 6.07) is 3.53. The van der Waals surface area contributed by atoms with Gasteiger partial charge in [0.05, 0.1) is 17.8 Å². The van der Waals surface area contributed by atoms with Crippen LogP contribution in [0.25, 0.3) is 0 Å². The van der Waals surface area contributed by atoms with Gasteiger partial charge in [-0.25, -0.2) is 21.1 Å². The van der Waals surface area contributed by atoms with Crippen LogP contribution >= 0.6 is 0 Å². The monoisotopic (exact) mass is 569 g/mol. The van der Waals surface area contributed by atoms with Gasteiger partial charge in [-0.3, -0.25) is 0 Å². The highest BCUT2D eigenvalue weighted by Gasteiger charge is 2.33. The number of aryl methyl sites for hydroxylation is 2. The fourth-order valence-electron chi connectivity index (χ4n) is 6.58. The average Bonchev–Trinajstić information content (AvgIpc) is 3.41. The number of sulfonamides is 2. The van der Waals surface area contributed by atoms with Crippen LogP contribution in [0.1, 0.15) is 68.9 Å². The third-order valence-electron chi connectivity index (χ3n) is 8.78. The third-order valence-corrected chi connectivity index (χ3v) is 12.9. The molecule has 3 fully saturated rings. The van der Waals surface area contributed by atoms with Crippen molar-refractivity contribution in [3.63, 3.8) is 0 Å². The van der Waals surface area contributed by atoms with Crippen molar-refractivity contribution in [2.45, 2.75) is 76.5 Å². The Labute approximate surface area is 230 Å². The van der Waals surface area contributed by atoms with Crippen molar-refractivity contribution in [2.75, 3.05) is 58.7 Å². The van der Waals surface area contributed by atoms with Crippen molar-refractivity contribution in [2.24, 2.45) is 11.8 Å². The van der Waals surface area contributed by atoms with Crippen molar-refractivity contribution in [1.29, 1.82) is 0 Å². The number of piperidine rings is 2. The first-order valence-corrected chi connectivity index (χ1v) is 17.5. The van der Waals surface area contributed by atoms with E-state index in [4.69, 9.17) is 4.74 Å². The van der Waals surface area contributed by atoms with Gasteiger partial charge in [0.15, 0.2) is 0 Å². The topological polar surface area (TPSA) is 87.2 Å². The van der Waals surface area contributed by atoms with Gasteiger partial charge >= 0.3 is 0 Å². The van der Waals surface area contributed by atoms with E-state index in [1.165, 1.54) is 32.4 Å². The second kappa shape index (κ2) is 13.0. The number of hydrogen-bond donors (Lipinski definition) is 0. The standard InChI is InChI=1S/C28H47N3O5S2/c1-23-20-27(36-3)21-24(2)28(23)38(34,35)31-15-6-8-26(22-31)9-7-19-37(32,33)30-17-11-25(12-18-30)10-16-29-13-4-5-14-29/h20-21,25-26H,4-19,22H2,1-3H3. The third kappa shape index (κ3) is 7.30. The molecule has 10 heteroatoms. The van der Waals surface area contributed by atoms with Crippen molar-refractivity contribution >= 4 is 20.0 Å². The van der Waals surface area contributed by atoms with Gasteiger partial charge in [0.1, 0.15) is 5.75 Å². The molecule has 0 amide bonds. The molecule has 3 aliphatic heterocycles. The lowest BCUT2D eigenvalue weighted by molar-refractivity contribution is 0.231. The van der Waals surface area contributed by atoms with Crippen molar-refractivity contribution in [1.82, 2.24) is 13.5 Å². The number of benzene rings is 1. The first-order chi connectivity index (χ1) is 18.1. The highest BCUT2D eigenvalue weighted by atomic mass is 32.2. The van der Waals surface area contributed by atoms with Gasteiger partial charge in [0, 0.05) is 26.2 Å². The molecule has 3 heterocycles. The molecule has 0 aromatic heterocycles. The van der Waals surface area contributed by atoms with Crippen LogP contribution in [0.2, 0.25) is 0 Å². The average molecular weight is 570 g/mol. The Bertz CT molecular complexity index is 1120. The van der Waals surface area contributed by atoms with Crippen LogP contribution in [0.5, 0.6) is 5.75 Å². The summed E-state index contributed by atoms with van der Waals surface area (Å²) in [5.74, 6) is 1.63. The van der Waals surface area contributed by atoms with E-state index in [9.17, 15) is 16.8 Å². The van der Waals surface area contributed by atoms with E-state index in [1.807, 2.05) is 13.8 Å². The Kier molecular flexibility index (Phi) is 10.2. The van der Waals surface area contributed by atoms with Crippen LogP contribution < -0.4 is 4.74 Å². The van der Waals surface area contributed by atoms with E-state index in [-0.39, 0.29) is 11.7 Å². The van der Waals surface area contributed by atoms with E-state index < -0.39 is 20.0 Å². The lowest BCUT2D eigenvalue weighted by Gasteiger charge is -2.33. The maximum atomic E-state index is 13.5. The molecule has 1 unspecified atom stereocenters. The molecule has 8 nitrogen and oxygen atoms in total. The zero-order valence-corrected chi connectivity index (χ0v) is 25.2. The molecule has 0 N–H and O–H groups in total. The first-order valence-electron chi connectivity index (χ1n) is 14.5. The number of hydrogen-bond acceptors (Lipinski definition) is 6. The molecule has 4 rings (SSSR count). The van der Waals surface area contributed by atoms with Gasteiger partial charge in [-0.1, -0.05) is 0 Å². The van der Waals surface area contributed by atoms with Gasteiger partial charge in [-0.2, -0.15) is 4.31 Å². The summed E-state index contributed by atoms with van der Waals surface area (Å²) in [7, 11) is -5.30. The Balaban J connectivity index is 1.24. The highest BCUT2D eigenvalue weighted by Crippen LogP contribution is 2.32. The fraction of sp³-hybridized carbons (Fsp3) is 0.786. The quantitative estimate of drug-likeness (QED) is 0.400. The Morgan fingerprint density at radius 1 is 0.816 bits per heavy atom. The van der Waals surface area contributed by atoms with Crippen LogP contribution in [0.4, 0.5) is 0 Å². The summed E-state index contributed by atoms with van der Waals surface area (Å²) < 4.78 is 61.8. The van der Waals surface area contributed by atoms with Crippen molar-refractivity contribution in [3.05, 3.63) is 23.3 Å². The number of methoxy groups -OCH3 is 1. The Hall–Kier alpha value is -1.20. The molecule has 1 atom stereocenters.